The van der Waals surface area contributed by atoms with Crippen molar-refractivity contribution in [3.8, 4) is 6.07 Å². The topological polar surface area (TPSA) is 98.5 Å². The first-order chi connectivity index (χ1) is 18.9. The Labute approximate surface area is 245 Å². The summed E-state index contributed by atoms with van der Waals surface area (Å²) in [5.41, 5.74) is -3.83. The monoisotopic (exact) mass is 560 g/mol. The van der Waals surface area contributed by atoms with E-state index in [1.54, 1.807) is 6.08 Å². The molecule has 4 fully saturated rings. The number of nitrogens with zero attached hydrogens (tertiary/aromatic N) is 2. The summed E-state index contributed by atoms with van der Waals surface area (Å²) in [7, 11) is 0. The average molecular weight is 561 g/mol. The van der Waals surface area contributed by atoms with Crippen LogP contribution in [-0.4, -0.2) is 46.2 Å². The third-order valence-electron chi connectivity index (χ3n) is 14.2. The van der Waals surface area contributed by atoms with E-state index < -0.39 is 32.7 Å². The lowest BCUT2D eigenvalue weighted by Crippen LogP contribution is -2.74. The molecule has 222 valence electrons. The SMILES string of the molecule is CC1(C(=O)N2CCCC2)CCC2(C)CC[C@@]3(C)[C@]4(C)CC[C@H]5C(C)(C)C(=O)C(C#N)=C[C@]5(C)C4=CC(=O)[C@]3(O)[C@@H]2C1. The second-order valence-electron chi connectivity index (χ2n) is 16.4. The molecule has 6 aliphatic rings. The lowest BCUT2D eigenvalue weighted by molar-refractivity contribution is -0.243. The highest BCUT2D eigenvalue weighted by Crippen LogP contribution is 2.75. The van der Waals surface area contributed by atoms with Crippen LogP contribution in [0.4, 0.5) is 0 Å². The summed E-state index contributed by atoms with van der Waals surface area (Å²) >= 11 is 0. The third-order valence-corrected chi connectivity index (χ3v) is 14.2. The molecule has 6 heteroatoms. The van der Waals surface area contributed by atoms with Crippen molar-refractivity contribution in [2.45, 2.75) is 112 Å². The predicted octanol–water partition coefficient (Wildman–Crippen LogP) is 5.94. The highest BCUT2D eigenvalue weighted by molar-refractivity contribution is 6.05. The molecule has 0 bridgehead atoms. The number of rotatable bonds is 1. The van der Waals surface area contributed by atoms with Crippen LogP contribution in [0.1, 0.15) is 106 Å². The van der Waals surface area contributed by atoms with E-state index >= 15 is 0 Å². The van der Waals surface area contributed by atoms with Crippen LogP contribution in [0.15, 0.2) is 23.3 Å². The Morgan fingerprint density at radius 2 is 1.59 bits per heavy atom. The van der Waals surface area contributed by atoms with Crippen molar-refractivity contribution in [2.24, 2.45) is 44.3 Å². The summed E-state index contributed by atoms with van der Waals surface area (Å²) in [5, 5.41) is 23.0. The maximum absolute atomic E-state index is 14.6. The third kappa shape index (κ3) is 3.31. The normalized spacial score (nSPS) is 48.6. The fourth-order valence-electron chi connectivity index (χ4n) is 11.3. The molecule has 2 unspecified atom stereocenters. The fourth-order valence-corrected chi connectivity index (χ4v) is 11.3. The molecular weight excluding hydrogens is 512 g/mol. The Bertz CT molecular complexity index is 1350. The maximum Gasteiger partial charge on any atom is 0.228 e. The van der Waals surface area contributed by atoms with E-state index in [0.29, 0.717) is 6.42 Å². The van der Waals surface area contributed by atoms with E-state index in [4.69, 9.17) is 0 Å². The van der Waals surface area contributed by atoms with Crippen molar-refractivity contribution in [3.63, 3.8) is 0 Å². The second kappa shape index (κ2) is 8.43. The van der Waals surface area contributed by atoms with Gasteiger partial charge in [0.25, 0.3) is 0 Å². The maximum atomic E-state index is 14.6. The molecule has 6 rings (SSSR count). The summed E-state index contributed by atoms with van der Waals surface area (Å²) in [6.07, 6.45) is 11.0. The van der Waals surface area contributed by atoms with Crippen molar-refractivity contribution < 1.29 is 19.5 Å². The minimum Gasteiger partial charge on any atom is -0.381 e. The average Bonchev–Trinajstić information content (AvgIpc) is 3.46. The molecule has 0 aromatic rings. The predicted molar refractivity (Wildman–Crippen MR) is 156 cm³/mol. The molecular formula is C35H48N2O4. The summed E-state index contributed by atoms with van der Waals surface area (Å²) in [6.45, 7) is 16.3. The largest absolute Gasteiger partial charge is 0.381 e. The van der Waals surface area contributed by atoms with Crippen LogP contribution in [-0.2, 0) is 14.4 Å². The number of hydrogen-bond donors (Lipinski definition) is 1. The first-order valence-corrected chi connectivity index (χ1v) is 15.9. The number of carbonyl (C=O) groups is 3. The zero-order chi connectivity index (χ0) is 30.0. The van der Waals surface area contributed by atoms with E-state index in [1.165, 1.54) is 0 Å². The molecule has 1 amide bonds. The zero-order valence-corrected chi connectivity index (χ0v) is 26.2. The number of Topliss-reactive ketones (excluding diaryl/α,β-unsaturated/α-hetero) is 1. The summed E-state index contributed by atoms with van der Waals surface area (Å²) in [4.78, 5) is 43.7. The van der Waals surface area contributed by atoms with Crippen LogP contribution < -0.4 is 0 Å². The van der Waals surface area contributed by atoms with E-state index in [1.807, 2.05) is 24.8 Å². The van der Waals surface area contributed by atoms with Gasteiger partial charge in [0.2, 0.25) is 5.91 Å². The highest BCUT2D eigenvalue weighted by atomic mass is 16.3. The zero-order valence-electron chi connectivity index (χ0n) is 26.2. The molecule has 1 saturated heterocycles. The lowest BCUT2D eigenvalue weighted by atomic mass is 9.33. The second-order valence-corrected chi connectivity index (χ2v) is 16.4. The van der Waals surface area contributed by atoms with Crippen LogP contribution in [0.3, 0.4) is 0 Å². The molecule has 0 radical (unpaired) electrons. The Morgan fingerprint density at radius 3 is 2.22 bits per heavy atom. The molecule has 1 N–H and O–H groups in total. The number of carbonyl (C=O) groups excluding carboxylic acids is 3. The number of aliphatic hydroxyl groups is 1. The Hall–Kier alpha value is -2.26. The minimum absolute atomic E-state index is 0.0357. The van der Waals surface area contributed by atoms with Crippen molar-refractivity contribution >= 4 is 17.5 Å². The van der Waals surface area contributed by atoms with Gasteiger partial charge >= 0.3 is 0 Å². The van der Waals surface area contributed by atoms with Gasteiger partial charge in [-0.15, -0.1) is 0 Å². The smallest absolute Gasteiger partial charge is 0.228 e. The summed E-state index contributed by atoms with van der Waals surface area (Å²) in [5.74, 6) is -0.526. The Balaban J connectivity index is 1.49. The van der Waals surface area contributed by atoms with Crippen molar-refractivity contribution in [1.82, 2.24) is 4.90 Å². The Kier molecular flexibility index (Phi) is 5.93. The molecule has 8 atom stereocenters. The summed E-state index contributed by atoms with van der Waals surface area (Å²) < 4.78 is 0. The number of amides is 1. The fraction of sp³-hybridized carbons (Fsp3) is 0.771. The van der Waals surface area contributed by atoms with Crippen molar-refractivity contribution in [3.05, 3.63) is 23.3 Å². The molecule has 6 nitrogen and oxygen atoms in total. The standard InChI is InChI=1S/C35H48N2O4/c1-29(2)23-10-11-33(6)24(32(23,5)19-22(21-36)27(29)39)18-26(38)35(41)25-20-31(4,28(40)37-16-8-9-17-37)13-12-30(25,3)14-15-34(33,35)7/h18-19,23,25,41H,8-17,20H2,1-7H3/t23-,25+,30?,31?,32-,33+,34-,35+/m0/s1. The van der Waals surface area contributed by atoms with Gasteiger partial charge in [-0.1, -0.05) is 54.5 Å². The quantitative estimate of drug-likeness (QED) is 0.428. The van der Waals surface area contributed by atoms with Gasteiger partial charge in [-0.3, -0.25) is 14.4 Å². The van der Waals surface area contributed by atoms with E-state index in [9.17, 15) is 24.8 Å². The highest BCUT2D eigenvalue weighted by Gasteiger charge is 2.75. The molecule has 3 saturated carbocycles. The molecule has 0 aromatic heterocycles. The molecule has 5 aliphatic carbocycles. The van der Waals surface area contributed by atoms with Gasteiger partial charge in [-0.05, 0) is 86.2 Å². The number of ketones is 2. The van der Waals surface area contributed by atoms with Gasteiger partial charge in [0, 0.05) is 40.7 Å². The van der Waals surface area contributed by atoms with Crippen LogP contribution in [0, 0.1) is 55.7 Å². The minimum atomic E-state index is -1.59. The van der Waals surface area contributed by atoms with Gasteiger partial charge in [0.15, 0.2) is 11.6 Å². The van der Waals surface area contributed by atoms with Crippen molar-refractivity contribution in [2.75, 3.05) is 13.1 Å². The van der Waals surface area contributed by atoms with E-state index in [2.05, 4.69) is 40.7 Å². The first-order valence-electron chi connectivity index (χ1n) is 15.9. The van der Waals surface area contributed by atoms with Crippen LogP contribution in [0.5, 0.6) is 0 Å². The summed E-state index contributed by atoms with van der Waals surface area (Å²) in [6, 6.07) is 2.16. The van der Waals surface area contributed by atoms with Crippen molar-refractivity contribution in [1.29, 1.82) is 5.26 Å². The van der Waals surface area contributed by atoms with Gasteiger partial charge < -0.3 is 10.0 Å². The molecule has 41 heavy (non-hydrogen) atoms. The molecule has 0 spiro atoms. The van der Waals surface area contributed by atoms with Gasteiger partial charge in [0.1, 0.15) is 11.7 Å². The molecule has 0 aromatic carbocycles. The molecule has 1 aliphatic heterocycles. The van der Waals surface area contributed by atoms with Crippen LogP contribution in [0.25, 0.3) is 0 Å². The van der Waals surface area contributed by atoms with Gasteiger partial charge in [0.05, 0.1) is 5.57 Å². The number of likely N-dealkylation sites (tertiary alicyclic amines) is 1. The number of allylic oxidation sites excluding steroid dienone is 3. The van der Waals surface area contributed by atoms with Gasteiger partial charge in [-0.2, -0.15) is 5.26 Å². The number of fused-ring (bicyclic) bond motifs is 7. The lowest BCUT2D eigenvalue weighted by Gasteiger charge is -2.71. The van der Waals surface area contributed by atoms with Crippen LogP contribution >= 0.6 is 0 Å². The van der Waals surface area contributed by atoms with Crippen LogP contribution in [0.2, 0.25) is 0 Å². The number of nitriles is 1. The van der Waals surface area contributed by atoms with E-state index in [0.717, 1.165) is 70.0 Å². The first kappa shape index (κ1) is 28.8. The van der Waals surface area contributed by atoms with E-state index in [-0.39, 0.29) is 40.3 Å². The van der Waals surface area contributed by atoms with Gasteiger partial charge in [-0.25, -0.2) is 0 Å². The Morgan fingerprint density at radius 1 is 0.951 bits per heavy atom. The molecule has 1 heterocycles. The number of hydrogen-bond acceptors (Lipinski definition) is 5.